The zero-order valence-corrected chi connectivity index (χ0v) is 17.2. The number of hydrogen-bond acceptors (Lipinski definition) is 5. The second-order valence-electron chi connectivity index (χ2n) is 7.73. The number of ether oxygens (including phenoxy) is 2. The molecule has 0 spiro atoms. The molecule has 6 heteroatoms. The average Bonchev–Trinajstić information content (AvgIpc) is 3.13. The molecule has 2 saturated heterocycles. The van der Waals surface area contributed by atoms with Gasteiger partial charge in [-0.1, -0.05) is 36.4 Å². The van der Waals surface area contributed by atoms with E-state index in [0.29, 0.717) is 25.1 Å². The van der Waals surface area contributed by atoms with Gasteiger partial charge in [-0.2, -0.15) is 5.06 Å². The molecule has 3 atom stereocenters. The van der Waals surface area contributed by atoms with E-state index in [-0.39, 0.29) is 18.6 Å². The van der Waals surface area contributed by atoms with E-state index in [4.69, 9.17) is 14.3 Å². The highest BCUT2D eigenvalue weighted by Crippen LogP contribution is 2.40. The van der Waals surface area contributed by atoms with Crippen molar-refractivity contribution < 1.29 is 19.1 Å². The van der Waals surface area contributed by atoms with Gasteiger partial charge in [0.05, 0.1) is 19.8 Å². The molecule has 2 aliphatic rings. The Balaban J connectivity index is 1.69. The molecule has 2 aromatic carbocycles. The Kier molecular flexibility index (Phi) is 5.85. The molecule has 2 fully saturated rings. The van der Waals surface area contributed by atoms with Gasteiger partial charge in [-0.25, -0.2) is 0 Å². The first-order valence-electron chi connectivity index (χ1n) is 10.00. The SMILES string of the molecule is COCC(=O)N1C[C@H]2CON(C)[C@H]2C[C@H]1c1cccc(-c2ccccc2OC)c1. The first-order valence-corrected chi connectivity index (χ1v) is 10.00. The third kappa shape index (κ3) is 3.88. The second kappa shape index (κ2) is 8.53. The Bertz CT molecular complexity index is 871. The molecule has 0 saturated carbocycles. The highest BCUT2D eigenvalue weighted by Gasteiger charge is 2.44. The normalized spacial score (nSPS) is 24.4. The van der Waals surface area contributed by atoms with Crippen LogP contribution in [0, 0.1) is 5.92 Å². The highest BCUT2D eigenvalue weighted by atomic mass is 16.7. The summed E-state index contributed by atoms with van der Waals surface area (Å²) in [7, 11) is 5.24. The van der Waals surface area contributed by atoms with Crippen molar-refractivity contribution in [1.29, 1.82) is 0 Å². The van der Waals surface area contributed by atoms with Gasteiger partial charge >= 0.3 is 0 Å². The van der Waals surface area contributed by atoms with E-state index < -0.39 is 0 Å². The van der Waals surface area contributed by atoms with Crippen LogP contribution in [-0.4, -0.2) is 62.9 Å². The van der Waals surface area contributed by atoms with E-state index in [1.54, 1.807) is 14.2 Å². The van der Waals surface area contributed by atoms with Crippen molar-refractivity contribution in [2.45, 2.75) is 18.5 Å². The Morgan fingerprint density at radius 1 is 1.17 bits per heavy atom. The number of para-hydroxylation sites is 1. The predicted octanol–water partition coefficient (Wildman–Crippen LogP) is 3.14. The molecule has 154 valence electrons. The summed E-state index contributed by atoms with van der Waals surface area (Å²) in [6.07, 6.45) is 0.839. The van der Waals surface area contributed by atoms with Gasteiger partial charge in [0.15, 0.2) is 0 Å². The average molecular weight is 396 g/mol. The maximum absolute atomic E-state index is 12.8. The van der Waals surface area contributed by atoms with E-state index in [9.17, 15) is 4.79 Å². The fraction of sp³-hybridized carbons (Fsp3) is 0.435. The van der Waals surface area contributed by atoms with Gasteiger partial charge in [-0.15, -0.1) is 0 Å². The van der Waals surface area contributed by atoms with Crippen molar-refractivity contribution in [2.75, 3.05) is 41.0 Å². The summed E-state index contributed by atoms with van der Waals surface area (Å²) in [6.45, 7) is 1.43. The minimum atomic E-state index is -0.0160. The van der Waals surface area contributed by atoms with Gasteiger partial charge in [-0.05, 0) is 29.7 Å². The molecule has 0 N–H and O–H groups in total. The van der Waals surface area contributed by atoms with Crippen LogP contribution in [0.5, 0.6) is 5.75 Å². The topological polar surface area (TPSA) is 51.2 Å². The molecule has 6 nitrogen and oxygen atoms in total. The van der Waals surface area contributed by atoms with Crippen molar-refractivity contribution in [2.24, 2.45) is 5.92 Å². The Hall–Kier alpha value is -2.41. The van der Waals surface area contributed by atoms with Crippen molar-refractivity contribution in [3.63, 3.8) is 0 Å². The Labute approximate surface area is 171 Å². The van der Waals surface area contributed by atoms with Gasteiger partial charge in [0.25, 0.3) is 0 Å². The van der Waals surface area contributed by atoms with E-state index >= 15 is 0 Å². The Morgan fingerprint density at radius 3 is 2.79 bits per heavy atom. The number of carbonyl (C=O) groups excluding carboxylic acids is 1. The van der Waals surface area contributed by atoms with Crippen LogP contribution in [0.25, 0.3) is 11.1 Å². The smallest absolute Gasteiger partial charge is 0.249 e. The third-order valence-corrected chi connectivity index (χ3v) is 6.05. The largest absolute Gasteiger partial charge is 0.496 e. The number of carbonyl (C=O) groups is 1. The molecular weight excluding hydrogens is 368 g/mol. The number of nitrogens with zero attached hydrogens (tertiary/aromatic N) is 2. The number of methoxy groups -OCH3 is 2. The molecule has 29 heavy (non-hydrogen) atoms. The quantitative estimate of drug-likeness (QED) is 0.777. The second-order valence-corrected chi connectivity index (χ2v) is 7.73. The Morgan fingerprint density at radius 2 is 2.00 bits per heavy atom. The van der Waals surface area contributed by atoms with E-state index in [0.717, 1.165) is 28.9 Å². The molecule has 2 aromatic rings. The summed E-state index contributed by atoms with van der Waals surface area (Å²) >= 11 is 0. The molecule has 0 aliphatic carbocycles. The number of piperidine rings is 1. The van der Waals surface area contributed by atoms with Gasteiger partial charge in [0.1, 0.15) is 12.4 Å². The summed E-state index contributed by atoms with van der Waals surface area (Å²) in [4.78, 5) is 20.5. The molecule has 0 radical (unpaired) electrons. The number of hydrogen-bond donors (Lipinski definition) is 0. The van der Waals surface area contributed by atoms with Crippen LogP contribution in [0.1, 0.15) is 18.0 Å². The van der Waals surface area contributed by atoms with Crippen LogP contribution in [0.2, 0.25) is 0 Å². The van der Waals surface area contributed by atoms with E-state index in [1.807, 2.05) is 35.2 Å². The lowest BCUT2D eigenvalue weighted by Crippen LogP contribution is -2.50. The van der Waals surface area contributed by atoms with E-state index in [1.165, 1.54) is 0 Å². The van der Waals surface area contributed by atoms with Crippen LogP contribution in [0.15, 0.2) is 48.5 Å². The number of hydroxylamine groups is 2. The molecule has 0 aromatic heterocycles. The predicted molar refractivity (Wildman–Crippen MR) is 110 cm³/mol. The number of fused-ring (bicyclic) bond motifs is 1. The lowest BCUT2D eigenvalue weighted by Gasteiger charge is -2.42. The van der Waals surface area contributed by atoms with Crippen molar-refractivity contribution in [1.82, 2.24) is 9.96 Å². The number of likely N-dealkylation sites (tertiary alicyclic amines) is 1. The molecule has 2 heterocycles. The van der Waals surface area contributed by atoms with Gasteiger partial charge < -0.3 is 14.4 Å². The monoisotopic (exact) mass is 396 g/mol. The summed E-state index contributed by atoms with van der Waals surface area (Å²) < 4.78 is 10.7. The lowest BCUT2D eigenvalue weighted by atomic mass is 9.84. The van der Waals surface area contributed by atoms with E-state index in [2.05, 4.69) is 30.3 Å². The summed E-state index contributed by atoms with van der Waals surface area (Å²) in [5.41, 5.74) is 3.25. The fourth-order valence-corrected chi connectivity index (χ4v) is 4.56. The number of rotatable bonds is 5. The maximum atomic E-state index is 12.8. The zero-order valence-electron chi connectivity index (χ0n) is 17.2. The maximum Gasteiger partial charge on any atom is 0.249 e. The van der Waals surface area contributed by atoms with Crippen LogP contribution >= 0.6 is 0 Å². The van der Waals surface area contributed by atoms with Gasteiger partial charge in [0, 0.05) is 38.2 Å². The van der Waals surface area contributed by atoms with Crippen molar-refractivity contribution in [3.05, 3.63) is 54.1 Å². The fourth-order valence-electron chi connectivity index (χ4n) is 4.56. The van der Waals surface area contributed by atoms with Crippen LogP contribution in [0.4, 0.5) is 0 Å². The number of amides is 1. The zero-order chi connectivity index (χ0) is 20.4. The number of benzene rings is 2. The standard InChI is InChI=1S/C23H28N2O4/c1-24-20-12-21(25(23(26)15-27-2)13-18(20)14-29-24)17-8-6-7-16(11-17)19-9-4-5-10-22(19)28-3/h4-11,18,20-21H,12-15H2,1-3H3/t18-,20-,21-/m0/s1. The van der Waals surface area contributed by atoms with Gasteiger partial charge in [-0.3, -0.25) is 9.63 Å². The van der Waals surface area contributed by atoms with Crippen LogP contribution < -0.4 is 4.74 Å². The third-order valence-electron chi connectivity index (χ3n) is 6.05. The molecule has 4 rings (SSSR count). The summed E-state index contributed by atoms with van der Waals surface area (Å²) in [5.74, 6) is 1.19. The summed E-state index contributed by atoms with van der Waals surface area (Å²) in [6, 6.07) is 16.7. The first kappa shape index (κ1) is 19.9. The minimum absolute atomic E-state index is 0.0160. The minimum Gasteiger partial charge on any atom is -0.496 e. The van der Waals surface area contributed by atoms with Crippen LogP contribution in [0.3, 0.4) is 0 Å². The lowest BCUT2D eigenvalue weighted by molar-refractivity contribution is -0.143. The molecule has 2 aliphatic heterocycles. The molecule has 0 unspecified atom stereocenters. The van der Waals surface area contributed by atoms with Gasteiger partial charge in [0.2, 0.25) is 5.91 Å². The molecule has 0 bridgehead atoms. The summed E-state index contributed by atoms with van der Waals surface area (Å²) in [5, 5.41) is 1.96. The highest BCUT2D eigenvalue weighted by molar-refractivity contribution is 5.78. The first-order chi connectivity index (χ1) is 14.1. The van der Waals surface area contributed by atoms with Crippen LogP contribution in [-0.2, 0) is 14.4 Å². The van der Waals surface area contributed by atoms with Crippen molar-refractivity contribution in [3.8, 4) is 16.9 Å². The molecular formula is C23H28N2O4. The molecule has 1 amide bonds. The van der Waals surface area contributed by atoms with Crippen molar-refractivity contribution >= 4 is 5.91 Å².